The van der Waals surface area contributed by atoms with E-state index in [1.807, 2.05) is 0 Å². The number of nitrogens with two attached hydrogens (primary N) is 1. The first-order valence-corrected chi connectivity index (χ1v) is 6.66. The Morgan fingerprint density at radius 1 is 1.14 bits per heavy atom. The van der Waals surface area contributed by atoms with Crippen LogP contribution in [0.4, 0.5) is 0 Å². The number of rotatable bonds is 4. The molecule has 7 nitrogen and oxygen atoms in total. The molecule has 6 atom stereocenters. The van der Waals surface area contributed by atoms with Crippen LogP contribution in [0, 0.1) is 5.41 Å². The van der Waals surface area contributed by atoms with E-state index >= 15 is 0 Å². The summed E-state index contributed by atoms with van der Waals surface area (Å²) >= 11 is 0. The fraction of sp³-hybridized carbons (Fsp3) is 0.500. The van der Waals surface area contributed by atoms with Crippen molar-refractivity contribution in [2.24, 2.45) is 5.73 Å². The van der Waals surface area contributed by atoms with Crippen molar-refractivity contribution >= 4 is 5.84 Å². The molecule has 0 amide bonds. The van der Waals surface area contributed by atoms with Crippen LogP contribution in [0.15, 0.2) is 30.3 Å². The number of hydrogen-bond acceptors (Lipinski definition) is 6. The van der Waals surface area contributed by atoms with Crippen molar-refractivity contribution in [3.05, 3.63) is 35.9 Å². The summed E-state index contributed by atoms with van der Waals surface area (Å²) in [5, 5.41) is 46.7. The van der Waals surface area contributed by atoms with Crippen molar-refractivity contribution in [2.75, 3.05) is 6.61 Å². The maximum absolute atomic E-state index is 10.1. The van der Waals surface area contributed by atoms with E-state index in [0.29, 0.717) is 5.56 Å². The molecular weight excluding hydrogens is 276 g/mol. The van der Waals surface area contributed by atoms with Crippen LogP contribution in [0.2, 0.25) is 0 Å². The lowest BCUT2D eigenvalue weighted by Gasteiger charge is -2.43. The Balaban J connectivity index is 2.33. The molecule has 1 aliphatic heterocycles. The Morgan fingerprint density at radius 3 is 2.29 bits per heavy atom. The highest BCUT2D eigenvalue weighted by atomic mass is 16.5. The number of amidine groups is 1. The third-order valence-corrected chi connectivity index (χ3v) is 3.75. The molecule has 1 heterocycles. The molecule has 0 aromatic heterocycles. The zero-order valence-electron chi connectivity index (χ0n) is 11.3. The molecule has 1 saturated heterocycles. The minimum atomic E-state index is -1.48. The monoisotopic (exact) mass is 296 g/mol. The van der Waals surface area contributed by atoms with Gasteiger partial charge in [-0.2, -0.15) is 0 Å². The van der Waals surface area contributed by atoms with Crippen LogP contribution in [-0.2, 0) is 4.74 Å². The topological polar surface area (TPSA) is 140 Å². The first-order valence-electron chi connectivity index (χ1n) is 6.66. The van der Waals surface area contributed by atoms with Gasteiger partial charge in [-0.3, -0.25) is 5.41 Å². The molecule has 7 N–H and O–H groups in total. The Hall–Kier alpha value is -1.51. The van der Waals surface area contributed by atoms with Crippen LogP contribution in [0.1, 0.15) is 11.5 Å². The Labute approximate surface area is 122 Å². The van der Waals surface area contributed by atoms with Gasteiger partial charge in [0, 0.05) is 0 Å². The molecule has 0 aliphatic carbocycles. The van der Waals surface area contributed by atoms with E-state index in [-0.39, 0.29) is 5.84 Å². The largest absolute Gasteiger partial charge is 0.394 e. The molecule has 0 saturated carbocycles. The predicted molar refractivity (Wildman–Crippen MR) is 74.9 cm³/mol. The molecule has 0 bridgehead atoms. The summed E-state index contributed by atoms with van der Waals surface area (Å²) in [5.74, 6) is -1.01. The van der Waals surface area contributed by atoms with E-state index in [0.717, 1.165) is 0 Å². The number of aliphatic hydroxyl groups is 4. The SMILES string of the molecule is N=C(N)C(c1ccccc1)[C@H]1O[C@H](CO)[C@@H](O)[C@H](O)[C@H]1O. The molecule has 1 unspecified atom stereocenters. The highest BCUT2D eigenvalue weighted by molar-refractivity contribution is 5.85. The van der Waals surface area contributed by atoms with Crippen LogP contribution in [0.25, 0.3) is 0 Å². The summed E-state index contributed by atoms with van der Waals surface area (Å²) in [6.45, 7) is -0.513. The van der Waals surface area contributed by atoms with E-state index < -0.39 is 43.0 Å². The molecule has 116 valence electrons. The average molecular weight is 296 g/mol. The summed E-state index contributed by atoms with van der Waals surface area (Å²) < 4.78 is 5.48. The molecule has 1 aromatic carbocycles. The Morgan fingerprint density at radius 2 is 1.76 bits per heavy atom. The van der Waals surface area contributed by atoms with E-state index in [4.69, 9.17) is 15.9 Å². The fourth-order valence-electron chi connectivity index (χ4n) is 2.61. The van der Waals surface area contributed by atoms with Crippen LogP contribution < -0.4 is 5.73 Å². The van der Waals surface area contributed by atoms with Crippen molar-refractivity contribution in [3.63, 3.8) is 0 Å². The van der Waals surface area contributed by atoms with Gasteiger partial charge in [-0.15, -0.1) is 0 Å². The van der Waals surface area contributed by atoms with Crippen molar-refractivity contribution in [1.82, 2.24) is 0 Å². The zero-order chi connectivity index (χ0) is 15.6. The summed E-state index contributed by atoms with van der Waals surface area (Å²) in [6, 6.07) is 8.78. The third kappa shape index (κ3) is 3.07. The highest BCUT2D eigenvalue weighted by Crippen LogP contribution is 2.31. The van der Waals surface area contributed by atoms with Crippen LogP contribution >= 0.6 is 0 Å². The van der Waals surface area contributed by atoms with E-state index in [2.05, 4.69) is 0 Å². The van der Waals surface area contributed by atoms with Crippen molar-refractivity contribution < 1.29 is 25.2 Å². The molecular formula is C14H20N2O5. The second kappa shape index (κ2) is 6.50. The van der Waals surface area contributed by atoms with Crippen molar-refractivity contribution in [3.8, 4) is 0 Å². The Kier molecular flexibility index (Phi) is 4.92. The second-order valence-corrected chi connectivity index (χ2v) is 5.14. The normalized spacial score (nSPS) is 34.4. The minimum absolute atomic E-state index is 0.231. The summed E-state index contributed by atoms with van der Waals surface area (Å²) in [7, 11) is 0. The van der Waals surface area contributed by atoms with Gasteiger partial charge in [0.1, 0.15) is 36.4 Å². The van der Waals surface area contributed by atoms with Gasteiger partial charge in [0.15, 0.2) is 0 Å². The molecule has 21 heavy (non-hydrogen) atoms. The maximum atomic E-state index is 10.1. The van der Waals surface area contributed by atoms with Gasteiger partial charge in [-0.1, -0.05) is 30.3 Å². The molecule has 2 rings (SSSR count). The lowest BCUT2D eigenvalue weighted by atomic mass is 9.83. The van der Waals surface area contributed by atoms with E-state index in [9.17, 15) is 20.4 Å². The highest BCUT2D eigenvalue weighted by Gasteiger charge is 2.47. The fourth-order valence-corrected chi connectivity index (χ4v) is 2.61. The van der Waals surface area contributed by atoms with E-state index in [1.54, 1.807) is 30.3 Å². The number of ether oxygens (including phenoxy) is 1. The lowest BCUT2D eigenvalue weighted by Crippen LogP contribution is -2.61. The van der Waals surface area contributed by atoms with Crippen LogP contribution in [0.3, 0.4) is 0 Å². The molecule has 1 fully saturated rings. The lowest BCUT2D eigenvalue weighted by molar-refractivity contribution is -0.230. The van der Waals surface area contributed by atoms with E-state index in [1.165, 1.54) is 0 Å². The van der Waals surface area contributed by atoms with Gasteiger partial charge in [0.05, 0.1) is 12.5 Å². The van der Waals surface area contributed by atoms with Crippen LogP contribution in [0.5, 0.6) is 0 Å². The van der Waals surface area contributed by atoms with Gasteiger partial charge < -0.3 is 30.9 Å². The molecule has 1 aliphatic rings. The summed E-state index contributed by atoms with van der Waals surface area (Å²) in [5.41, 5.74) is 6.26. The van der Waals surface area contributed by atoms with Gasteiger partial charge in [0.2, 0.25) is 0 Å². The van der Waals surface area contributed by atoms with Crippen molar-refractivity contribution in [1.29, 1.82) is 5.41 Å². The maximum Gasteiger partial charge on any atom is 0.111 e. The third-order valence-electron chi connectivity index (χ3n) is 3.75. The summed E-state index contributed by atoms with van der Waals surface area (Å²) in [6.07, 6.45) is -6.37. The second-order valence-electron chi connectivity index (χ2n) is 5.14. The predicted octanol–water partition coefficient (Wildman–Crippen LogP) is -1.45. The Bertz CT molecular complexity index is 482. The average Bonchev–Trinajstić information content (AvgIpc) is 2.48. The van der Waals surface area contributed by atoms with Gasteiger partial charge in [-0.05, 0) is 5.56 Å². The number of hydrogen-bond donors (Lipinski definition) is 6. The van der Waals surface area contributed by atoms with Crippen LogP contribution in [-0.4, -0.2) is 63.4 Å². The molecule has 0 spiro atoms. The van der Waals surface area contributed by atoms with Gasteiger partial charge >= 0.3 is 0 Å². The van der Waals surface area contributed by atoms with Crippen molar-refractivity contribution in [2.45, 2.75) is 36.4 Å². The molecule has 0 radical (unpaired) electrons. The quantitative estimate of drug-likeness (QED) is 0.297. The zero-order valence-corrected chi connectivity index (χ0v) is 11.3. The first-order chi connectivity index (χ1) is 9.97. The number of aliphatic hydroxyl groups excluding tert-OH is 4. The smallest absolute Gasteiger partial charge is 0.111 e. The number of benzene rings is 1. The van der Waals surface area contributed by atoms with Gasteiger partial charge in [-0.25, -0.2) is 0 Å². The summed E-state index contributed by atoms with van der Waals surface area (Å²) in [4.78, 5) is 0. The molecule has 1 aromatic rings. The molecule has 7 heteroatoms. The minimum Gasteiger partial charge on any atom is -0.394 e. The standard InChI is InChI=1S/C14H20N2O5/c15-14(16)9(7-4-2-1-3-5-7)13-12(20)11(19)10(18)8(6-17)21-13/h1-5,8-13,17-20H,6H2,(H3,15,16)/t8-,9?,10-,11+,12-,13-/m1/s1. The number of nitrogens with one attached hydrogen (secondary N) is 1. The van der Waals surface area contributed by atoms with Gasteiger partial charge in [0.25, 0.3) is 0 Å². The first kappa shape index (κ1) is 15.9.